The summed E-state index contributed by atoms with van der Waals surface area (Å²) in [7, 11) is -1.03. The lowest BCUT2D eigenvalue weighted by Gasteiger charge is -2.09. The van der Waals surface area contributed by atoms with Crippen LogP contribution in [0.2, 0.25) is 5.02 Å². The first-order chi connectivity index (χ1) is 7.58. The molecule has 1 aromatic rings. The van der Waals surface area contributed by atoms with E-state index in [0.717, 1.165) is 5.56 Å². The largest absolute Gasteiger partial charge is 0.329 e. The van der Waals surface area contributed by atoms with Crippen molar-refractivity contribution in [3.8, 4) is 6.07 Å². The first-order valence-corrected chi connectivity index (χ1v) is 6.60. The molecule has 0 aromatic heterocycles. The molecule has 5 heteroatoms. The van der Waals surface area contributed by atoms with Gasteiger partial charge in [0.2, 0.25) is 0 Å². The molecular weight excluding hydrogens is 244 g/mol. The van der Waals surface area contributed by atoms with Crippen molar-refractivity contribution < 1.29 is 4.21 Å². The van der Waals surface area contributed by atoms with Crippen molar-refractivity contribution in [1.82, 2.24) is 0 Å². The van der Waals surface area contributed by atoms with Crippen LogP contribution in [0.4, 0.5) is 0 Å². The fourth-order valence-electron chi connectivity index (χ4n) is 1.14. The highest BCUT2D eigenvalue weighted by Gasteiger charge is 2.12. The van der Waals surface area contributed by atoms with E-state index in [-0.39, 0.29) is 5.25 Å². The summed E-state index contributed by atoms with van der Waals surface area (Å²) in [6.45, 7) is 2.23. The second-order valence-corrected chi connectivity index (χ2v) is 5.75. The molecule has 0 amide bonds. The van der Waals surface area contributed by atoms with Crippen molar-refractivity contribution in [3.63, 3.8) is 0 Å². The second-order valence-electron chi connectivity index (χ2n) is 3.49. The Morgan fingerprint density at radius 1 is 1.62 bits per heavy atom. The fourth-order valence-corrected chi connectivity index (χ4v) is 2.52. The van der Waals surface area contributed by atoms with Crippen LogP contribution in [0.25, 0.3) is 0 Å². The Kier molecular flexibility index (Phi) is 4.94. The summed E-state index contributed by atoms with van der Waals surface area (Å²) in [4.78, 5) is 0. The van der Waals surface area contributed by atoms with E-state index in [0.29, 0.717) is 22.9 Å². The van der Waals surface area contributed by atoms with Gasteiger partial charge in [0.05, 0.1) is 17.4 Å². The molecule has 1 aromatic carbocycles. The van der Waals surface area contributed by atoms with Gasteiger partial charge in [-0.05, 0) is 24.6 Å². The van der Waals surface area contributed by atoms with Gasteiger partial charge in [-0.25, -0.2) is 0 Å². The molecule has 0 aliphatic heterocycles. The van der Waals surface area contributed by atoms with Gasteiger partial charge in [0.1, 0.15) is 0 Å². The molecule has 1 rings (SSSR count). The van der Waals surface area contributed by atoms with E-state index in [4.69, 9.17) is 22.6 Å². The number of nitriles is 1. The van der Waals surface area contributed by atoms with Crippen molar-refractivity contribution in [1.29, 1.82) is 5.26 Å². The van der Waals surface area contributed by atoms with Gasteiger partial charge in [-0.3, -0.25) is 4.21 Å². The zero-order valence-electron chi connectivity index (χ0n) is 8.94. The molecule has 0 saturated carbocycles. The van der Waals surface area contributed by atoms with Crippen molar-refractivity contribution >= 4 is 22.4 Å². The number of hydrogen-bond acceptors (Lipinski definition) is 3. The van der Waals surface area contributed by atoms with Gasteiger partial charge >= 0.3 is 0 Å². The summed E-state index contributed by atoms with van der Waals surface area (Å²) in [5, 5.41) is 9.11. The molecule has 2 N–H and O–H groups in total. The average molecular weight is 257 g/mol. The fraction of sp³-hybridized carbons (Fsp3) is 0.364. The Morgan fingerprint density at radius 3 is 2.81 bits per heavy atom. The van der Waals surface area contributed by atoms with E-state index < -0.39 is 10.8 Å². The third kappa shape index (κ3) is 3.31. The van der Waals surface area contributed by atoms with E-state index in [2.05, 4.69) is 0 Å². The van der Waals surface area contributed by atoms with Crippen LogP contribution in [0.15, 0.2) is 18.2 Å². The molecule has 16 heavy (non-hydrogen) atoms. The van der Waals surface area contributed by atoms with Crippen LogP contribution >= 0.6 is 11.6 Å². The summed E-state index contributed by atoms with van der Waals surface area (Å²) in [6.07, 6.45) is 0. The predicted molar refractivity (Wildman–Crippen MR) is 66.5 cm³/mol. The summed E-state index contributed by atoms with van der Waals surface area (Å²) < 4.78 is 11.8. The summed E-state index contributed by atoms with van der Waals surface area (Å²) in [5.41, 5.74) is 6.74. The normalized spacial score (nSPS) is 14.1. The Hall–Kier alpha value is -0.890. The quantitative estimate of drug-likeness (QED) is 0.893. The molecule has 2 unspecified atom stereocenters. The Bertz CT molecular complexity index is 442. The Morgan fingerprint density at radius 2 is 2.31 bits per heavy atom. The number of rotatable bonds is 4. The Balaban J connectivity index is 2.83. The molecule has 0 heterocycles. The third-order valence-corrected chi connectivity index (χ3v) is 4.30. The molecule has 86 valence electrons. The lowest BCUT2D eigenvalue weighted by Crippen LogP contribution is -2.22. The van der Waals surface area contributed by atoms with Gasteiger partial charge in [-0.15, -0.1) is 0 Å². The molecule has 0 radical (unpaired) electrons. The van der Waals surface area contributed by atoms with Gasteiger partial charge in [0.15, 0.2) is 0 Å². The van der Waals surface area contributed by atoms with Crippen molar-refractivity contribution in [2.24, 2.45) is 5.73 Å². The summed E-state index contributed by atoms with van der Waals surface area (Å²) in [5.74, 6) is 0.378. The van der Waals surface area contributed by atoms with Gasteiger partial charge < -0.3 is 5.73 Å². The van der Waals surface area contributed by atoms with Crippen LogP contribution in [0, 0.1) is 11.3 Å². The number of nitrogens with zero attached hydrogens (tertiary/aromatic N) is 1. The smallest absolute Gasteiger partial charge is 0.0992 e. The minimum Gasteiger partial charge on any atom is -0.329 e. The topological polar surface area (TPSA) is 66.9 Å². The minimum atomic E-state index is -1.03. The van der Waals surface area contributed by atoms with Gasteiger partial charge in [-0.2, -0.15) is 5.26 Å². The molecule has 0 aliphatic rings. The van der Waals surface area contributed by atoms with E-state index in [1.54, 1.807) is 18.2 Å². The maximum absolute atomic E-state index is 11.8. The number of benzene rings is 1. The maximum atomic E-state index is 11.8. The maximum Gasteiger partial charge on any atom is 0.0992 e. The predicted octanol–water partition coefficient (Wildman–Crippen LogP) is 1.81. The van der Waals surface area contributed by atoms with E-state index in [1.165, 1.54) is 0 Å². The molecule has 2 atom stereocenters. The first-order valence-electron chi connectivity index (χ1n) is 4.84. The van der Waals surface area contributed by atoms with Crippen molar-refractivity contribution in [2.45, 2.75) is 17.9 Å². The first kappa shape index (κ1) is 13.2. The molecule has 0 spiro atoms. The standard InChI is InChI=1S/C11H13ClN2OS/c1-8(5-13)16(15)7-10-3-2-9(6-14)4-11(10)12/h2-4,8H,5,7,13H2,1H3. The highest BCUT2D eigenvalue weighted by atomic mass is 35.5. The van der Waals surface area contributed by atoms with Crippen LogP contribution < -0.4 is 5.73 Å². The highest BCUT2D eigenvalue weighted by Crippen LogP contribution is 2.20. The zero-order valence-corrected chi connectivity index (χ0v) is 10.5. The van der Waals surface area contributed by atoms with E-state index in [1.807, 2.05) is 13.0 Å². The monoisotopic (exact) mass is 256 g/mol. The van der Waals surface area contributed by atoms with Gasteiger partial charge in [0.25, 0.3) is 0 Å². The number of halogens is 1. The van der Waals surface area contributed by atoms with Crippen LogP contribution in [-0.2, 0) is 16.6 Å². The zero-order chi connectivity index (χ0) is 12.1. The molecule has 0 bridgehead atoms. The number of hydrogen-bond donors (Lipinski definition) is 1. The van der Waals surface area contributed by atoms with Crippen LogP contribution in [-0.4, -0.2) is 16.0 Å². The molecule has 3 nitrogen and oxygen atoms in total. The molecule has 0 aliphatic carbocycles. The minimum absolute atomic E-state index is 0.0493. The Labute approximate surface area is 103 Å². The van der Waals surface area contributed by atoms with Crippen LogP contribution in [0.3, 0.4) is 0 Å². The SMILES string of the molecule is CC(CN)S(=O)Cc1ccc(C#N)cc1Cl. The van der Waals surface area contributed by atoms with Gasteiger partial charge in [-0.1, -0.05) is 17.7 Å². The molecule has 0 saturated heterocycles. The van der Waals surface area contributed by atoms with Crippen molar-refractivity contribution in [2.75, 3.05) is 6.54 Å². The van der Waals surface area contributed by atoms with E-state index in [9.17, 15) is 4.21 Å². The van der Waals surface area contributed by atoms with Crippen LogP contribution in [0.1, 0.15) is 18.1 Å². The number of nitrogens with two attached hydrogens (primary N) is 1. The van der Waals surface area contributed by atoms with Gasteiger partial charge in [0, 0.05) is 27.6 Å². The van der Waals surface area contributed by atoms with Crippen molar-refractivity contribution in [3.05, 3.63) is 34.3 Å². The summed E-state index contributed by atoms with van der Waals surface area (Å²) in [6, 6.07) is 7.00. The second kappa shape index (κ2) is 6.00. The third-order valence-electron chi connectivity index (χ3n) is 2.26. The molecule has 0 fully saturated rings. The summed E-state index contributed by atoms with van der Waals surface area (Å²) >= 11 is 5.98. The van der Waals surface area contributed by atoms with Crippen LogP contribution in [0.5, 0.6) is 0 Å². The molecular formula is C11H13ClN2OS. The lowest BCUT2D eigenvalue weighted by molar-refractivity contribution is 0.672. The highest BCUT2D eigenvalue weighted by molar-refractivity contribution is 7.84. The van der Waals surface area contributed by atoms with E-state index >= 15 is 0 Å². The lowest BCUT2D eigenvalue weighted by atomic mass is 10.2. The average Bonchev–Trinajstić information content (AvgIpc) is 2.30.